The fourth-order valence-corrected chi connectivity index (χ4v) is 4.13. The van der Waals surface area contributed by atoms with E-state index < -0.39 is 0 Å². The maximum Gasteiger partial charge on any atom is 0.235 e. The summed E-state index contributed by atoms with van der Waals surface area (Å²) in [4.78, 5) is 16.6. The van der Waals surface area contributed by atoms with Crippen LogP contribution in [0, 0.1) is 6.92 Å². The Morgan fingerprint density at radius 1 is 1.24 bits per heavy atom. The predicted molar refractivity (Wildman–Crippen MR) is 97.1 cm³/mol. The lowest BCUT2D eigenvalue weighted by Crippen LogP contribution is -2.16. The van der Waals surface area contributed by atoms with Crippen molar-refractivity contribution in [3.63, 3.8) is 0 Å². The van der Waals surface area contributed by atoms with E-state index in [1.807, 2.05) is 37.3 Å². The number of phenols is 1. The van der Waals surface area contributed by atoms with E-state index in [9.17, 15) is 9.90 Å². The minimum Gasteiger partial charge on any atom is -0.508 e. The summed E-state index contributed by atoms with van der Waals surface area (Å²) in [5, 5.41) is 17.1. The van der Waals surface area contributed by atoms with Gasteiger partial charge in [0.15, 0.2) is 5.82 Å². The number of hydrogen-bond acceptors (Lipinski definition) is 5. The fraction of sp³-hybridized carbons (Fsp3) is 0.167. The minimum absolute atomic E-state index is 0.0491. The van der Waals surface area contributed by atoms with Crippen molar-refractivity contribution in [2.45, 2.75) is 12.2 Å². The molecule has 1 aromatic carbocycles. The van der Waals surface area contributed by atoms with Gasteiger partial charge in [-0.05, 0) is 36.8 Å². The number of nitrogens with zero attached hydrogens (tertiary/aromatic N) is 3. The van der Waals surface area contributed by atoms with Crippen LogP contribution in [-0.2, 0) is 4.79 Å². The molecule has 0 fully saturated rings. The van der Waals surface area contributed by atoms with Crippen LogP contribution in [-0.4, -0.2) is 31.5 Å². The molecular formula is C18H16N4O2S. The van der Waals surface area contributed by atoms with Gasteiger partial charge in [0, 0.05) is 11.8 Å². The number of anilines is 1. The zero-order valence-corrected chi connectivity index (χ0v) is 14.3. The molecule has 0 unspecified atom stereocenters. The number of phenolic OH excluding ortho intramolecular Hbond substituents is 1. The Kier molecular flexibility index (Phi) is 3.93. The highest BCUT2D eigenvalue weighted by Gasteiger charge is 2.30. The van der Waals surface area contributed by atoms with Crippen LogP contribution in [0.15, 0.2) is 48.7 Å². The second kappa shape index (κ2) is 6.25. The summed E-state index contributed by atoms with van der Waals surface area (Å²) in [6.07, 6.45) is 1.70. The Bertz CT molecular complexity index is 922. The second-order valence-electron chi connectivity index (χ2n) is 5.78. The van der Waals surface area contributed by atoms with Gasteiger partial charge in [0.2, 0.25) is 5.91 Å². The summed E-state index contributed by atoms with van der Waals surface area (Å²) in [6, 6.07) is 12.7. The molecule has 1 amide bonds. The van der Waals surface area contributed by atoms with Gasteiger partial charge >= 0.3 is 0 Å². The molecule has 0 saturated heterocycles. The summed E-state index contributed by atoms with van der Waals surface area (Å²) in [5.74, 6) is 1.82. The first-order chi connectivity index (χ1) is 12.1. The number of amides is 1. The number of carbonyl (C=O) groups excluding carboxylic acids is 1. The Morgan fingerprint density at radius 3 is 2.76 bits per heavy atom. The Labute approximate surface area is 148 Å². The van der Waals surface area contributed by atoms with Crippen LogP contribution in [0.4, 0.5) is 5.82 Å². The van der Waals surface area contributed by atoms with E-state index >= 15 is 0 Å². The largest absolute Gasteiger partial charge is 0.508 e. The van der Waals surface area contributed by atoms with Crippen LogP contribution in [0.5, 0.6) is 5.75 Å². The molecule has 126 valence electrons. The van der Waals surface area contributed by atoms with Gasteiger partial charge in [-0.2, -0.15) is 9.78 Å². The fourth-order valence-electron chi connectivity index (χ4n) is 2.94. The number of aryl methyl sites for hydroxylation is 1. The molecule has 0 saturated carbocycles. The highest BCUT2D eigenvalue weighted by molar-refractivity contribution is 8.00. The Hall–Kier alpha value is -2.80. The first kappa shape index (κ1) is 15.7. The van der Waals surface area contributed by atoms with Crippen molar-refractivity contribution < 1.29 is 9.90 Å². The number of nitrogens with one attached hydrogen (secondary N) is 1. The van der Waals surface area contributed by atoms with Crippen molar-refractivity contribution in [3.05, 3.63) is 65.5 Å². The first-order valence-corrected chi connectivity index (χ1v) is 8.89. The van der Waals surface area contributed by atoms with E-state index in [-0.39, 0.29) is 16.9 Å². The van der Waals surface area contributed by atoms with Gasteiger partial charge < -0.3 is 10.4 Å². The minimum atomic E-state index is -0.0652. The molecule has 1 aliphatic rings. The van der Waals surface area contributed by atoms with Crippen molar-refractivity contribution in [2.24, 2.45) is 0 Å². The number of benzene rings is 1. The molecule has 2 aromatic heterocycles. The van der Waals surface area contributed by atoms with E-state index in [0.717, 1.165) is 16.8 Å². The molecular weight excluding hydrogens is 336 g/mol. The molecule has 25 heavy (non-hydrogen) atoms. The van der Waals surface area contributed by atoms with Crippen molar-refractivity contribution in [3.8, 4) is 11.6 Å². The van der Waals surface area contributed by atoms with E-state index in [1.54, 1.807) is 34.8 Å². The third-order valence-electron chi connectivity index (χ3n) is 4.07. The van der Waals surface area contributed by atoms with Crippen molar-refractivity contribution in [1.29, 1.82) is 0 Å². The van der Waals surface area contributed by atoms with Crippen molar-refractivity contribution in [1.82, 2.24) is 14.8 Å². The number of aromatic nitrogens is 3. The van der Waals surface area contributed by atoms with Gasteiger partial charge in [0.05, 0.1) is 16.7 Å². The number of rotatable bonds is 2. The number of carbonyl (C=O) groups is 1. The molecule has 0 bridgehead atoms. The van der Waals surface area contributed by atoms with E-state index in [0.29, 0.717) is 17.4 Å². The number of thioether (sulfide) groups is 1. The van der Waals surface area contributed by atoms with Gasteiger partial charge in [-0.25, -0.2) is 4.98 Å². The average molecular weight is 352 g/mol. The highest BCUT2D eigenvalue weighted by atomic mass is 32.2. The third-order valence-corrected chi connectivity index (χ3v) is 5.34. The molecule has 0 spiro atoms. The van der Waals surface area contributed by atoms with Crippen LogP contribution in [0.25, 0.3) is 5.82 Å². The molecule has 4 rings (SSSR count). The Balaban J connectivity index is 1.88. The van der Waals surface area contributed by atoms with Crippen molar-refractivity contribution in [2.75, 3.05) is 11.1 Å². The van der Waals surface area contributed by atoms with Crippen molar-refractivity contribution >= 4 is 23.5 Å². The number of pyridine rings is 1. The van der Waals surface area contributed by atoms with Crippen LogP contribution in [0.3, 0.4) is 0 Å². The molecule has 7 heteroatoms. The summed E-state index contributed by atoms with van der Waals surface area (Å²) in [7, 11) is 0. The SMILES string of the molecule is Cc1nn(-c2ccccn2)c2c1[C@H](c1ccc(O)cc1)SCC(=O)N2. The summed E-state index contributed by atoms with van der Waals surface area (Å²) in [6.45, 7) is 1.93. The standard InChI is InChI=1S/C18H16N4O2S/c1-11-16-17(12-5-7-13(23)8-6-12)25-10-15(24)20-18(16)22(21-11)14-4-2-3-9-19-14/h2-9,17,23H,10H2,1H3,(H,20,24)/t17-/m0/s1. The Morgan fingerprint density at radius 2 is 2.04 bits per heavy atom. The topological polar surface area (TPSA) is 80.0 Å². The normalized spacial score (nSPS) is 16.8. The molecule has 3 aromatic rings. The number of aromatic hydroxyl groups is 1. The summed E-state index contributed by atoms with van der Waals surface area (Å²) in [5.41, 5.74) is 2.82. The zero-order valence-electron chi connectivity index (χ0n) is 13.5. The number of hydrogen-bond donors (Lipinski definition) is 2. The maximum absolute atomic E-state index is 12.2. The van der Waals surface area contributed by atoms with Gasteiger partial charge in [0.25, 0.3) is 0 Å². The highest BCUT2D eigenvalue weighted by Crippen LogP contribution is 2.43. The van der Waals surface area contributed by atoms with Crippen LogP contribution in [0.2, 0.25) is 0 Å². The molecule has 1 aliphatic heterocycles. The van der Waals surface area contributed by atoms with Crippen LogP contribution >= 0.6 is 11.8 Å². The smallest absolute Gasteiger partial charge is 0.235 e. The molecule has 2 N–H and O–H groups in total. The van der Waals surface area contributed by atoms with E-state index in [2.05, 4.69) is 15.4 Å². The first-order valence-electron chi connectivity index (χ1n) is 7.85. The second-order valence-corrected chi connectivity index (χ2v) is 6.87. The van der Waals surface area contributed by atoms with Gasteiger partial charge in [0.1, 0.15) is 11.6 Å². The average Bonchev–Trinajstić information content (AvgIpc) is 2.83. The molecule has 0 radical (unpaired) electrons. The molecule has 0 aliphatic carbocycles. The molecule has 3 heterocycles. The van der Waals surface area contributed by atoms with E-state index in [1.165, 1.54) is 0 Å². The zero-order chi connectivity index (χ0) is 17.4. The monoisotopic (exact) mass is 352 g/mol. The van der Waals surface area contributed by atoms with Gasteiger partial charge in [-0.15, -0.1) is 11.8 Å². The molecule has 1 atom stereocenters. The van der Waals surface area contributed by atoms with Crippen LogP contribution < -0.4 is 5.32 Å². The maximum atomic E-state index is 12.2. The lowest BCUT2D eigenvalue weighted by molar-refractivity contribution is -0.113. The summed E-state index contributed by atoms with van der Waals surface area (Å²) >= 11 is 1.55. The van der Waals surface area contributed by atoms with E-state index in [4.69, 9.17) is 0 Å². The van der Waals surface area contributed by atoms with Crippen LogP contribution in [0.1, 0.15) is 22.1 Å². The third kappa shape index (κ3) is 2.87. The van der Waals surface area contributed by atoms with Gasteiger partial charge in [-0.3, -0.25) is 4.79 Å². The summed E-state index contributed by atoms with van der Waals surface area (Å²) < 4.78 is 1.68. The lowest BCUT2D eigenvalue weighted by Gasteiger charge is -2.15. The predicted octanol–water partition coefficient (Wildman–Crippen LogP) is 3.06. The van der Waals surface area contributed by atoms with Gasteiger partial charge in [-0.1, -0.05) is 18.2 Å². The quantitative estimate of drug-likeness (QED) is 0.741. The number of fused-ring (bicyclic) bond motifs is 1. The lowest BCUT2D eigenvalue weighted by atomic mass is 10.0. The molecule has 6 nitrogen and oxygen atoms in total.